The van der Waals surface area contributed by atoms with Gasteiger partial charge in [-0.2, -0.15) is 14.7 Å². The lowest BCUT2D eigenvalue weighted by Crippen LogP contribution is -2.29. The molecule has 142 valence electrons. The van der Waals surface area contributed by atoms with Gasteiger partial charge in [0.25, 0.3) is 0 Å². The zero-order valence-corrected chi connectivity index (χ0v) is 15.5. The average Bonchev–Trinajstić information content (AvgIpc) is 3.36. The normalized spacial score (nSPS) is 17.2. The lowest BCUT2D eigenvalue weighted by molar-refractivity contribution is 0.455. The van der Waals surface area contributed by atoms with Gasteiger partial charge in [-0.15, -0.1) is 0 Å². The molecular weight excluding hydrogens is 352 g/mol. The summed E-state index contributed by atoms with van der Waals surface area (Å²) in [6.07, 6.45) is 11.6. The van der Waals surface area contributed by atoms with Crippen molar-refractivity contribution < 1.29 is 0 Å². The van der Waals surface area contributed by atoms with Gasteiger partial charge in [-0.25, -0.2) is 4.98 Å². The summed E-state index contributed by atoms with van der Waals surface area (Å²) in [5, 5.41) is 12.4. The molecule has 0 bridgehead atoms. The molecule has 3 N–H and O–H groups in total. The van der Waals surface area contributed by atoms with Crippen LogP contribution in [0.15, 0.2) is 49.2 Å². The summed E-state index contributed by atoms with van der Waals surface area (Å²) in [7, 11) is 0. The van der Waals surface area contributed by atoms with E-state index >= 15 is 0 Å². The number of nitrogens with two attached hydrogens (primary N) is 1. The molecule has 1 aliphatic rings. The summed E-state index contributed by atoms with van der Waals surface area (Å²) in [5.74, 6) is 0.999. The molecule has 1 aliphatic heterocycles. The first-order valence-electron chi connectivity index (χ1n) is 9.54. The van der Waals surface area contributed by atoms with E-state index in [0.29, 0.717) is 18.3 Å². The van der Waals surface area contributed by atoms with Gasteiger partial charge in [-0.3, -0.25) is 9.67 Å². The van der Waals surface area contributed by atoms with Crippen LogP contribution >= 0.6 is 0 Å². The molecule has 1 unspecified atom stereocenters. The average molecular weight is 374 g/mol. The lowest BCUT2D eigenvalue weighted by Gasteiger charge is -2.22. The number of hydrogen-bond donors (Lipinski definition) is 2. The summed E-state index contributed by atoms with van der Waals surface area (Å²) in [6.45, 7) is 2.70. The molecule has 8 nitrogen and oxygen atoms in total. The highest BCUT2D eigenvalue weighted by molar-refractivity contribution is 5.77. The lowest BCUT2D eigenvalue weighted by atomic mass is 9.96. The Hall–Kier alpha value is -3.26. The number of fused-ring (bicyclic) bond motifs is 1. The standard InChI is InChI=1S/C20H22N8/c21-19-8-18(15-2-1-5-23-9-15)26-20-17(11-25-28(19)20)16-10-24-27(13-16)12-14-3-6-22-7-4-14/h3-4,6-8,10-11,13,15,23H,1-2,5,9,12,21H2. The molecule has 0 spiro atoms. The maximum absolute atomic E-state index is 6.28. The quantitative estimate of drug-likeness (QED) is 0.567. The molecular formula is C20H22N8. The van der Waals surface area contributed by atoms with Crippen molar-refractivity contribution in [2.45, 2.75) is 25.3 Å². The third kappa shape index (κ3) is 3.11. The second-order valence-corrected chi connectivity index (χ2v) is 7.22. The summed E-state index contributed by atoms with van der Waals surface area (Å²) in [5.41, 5.74) is 11.2. The van der Waals surface area contributed by atoms with E-state index in [1.807, 2.05) is 41.5 Å². The van der Waals surface area contributed by atoms with Gasteiger partial charge in [-0.1, -0.05) is 0 Å². The maximum atomic E-state index is 6.28. The molecule has 0 aliphatic carbocycles. The molecule has 5 rings (SSSR count). The summed E-state index contributed by atoms with van der Waals surface area (Å²) in [4.78, 5) is 8.98. The molecule has 1 atom stereocenters. The molecule has 0 radical (unpaired) electrons. The third-order valence-electron chi connectivity index (χ3n) is 5.27. The van der Waals surface area contributed by atoms with Crippen LogP contribution in [0.4, 0.5) is 5.82 Å². The van der Waals surface area contributed by atoms with Crippen molar-refractivity contribution in [3.8, 4) is 11.1 Å². The van der Waals surface area contributed by atoms with Crippen LogP contribution in [0.2, 0.25) is 0 Å². The number of piperidine rings is 1. The SMILES string of the molecule is Nc1cc(C2CCCNC2)nc2c(-c3cnn(Cc4ccncc4)c3)cnn12. The van der Waals surface area contributed by atoms with Crippen molar-refractivity contribution in [3.63, 3.8) is 0 Å². The molecule has 4 aromatic heterocycles. The van der Waals surface area contributed by atoms with Gasteiger partial charge >= 0.3 is 0 Å². The molecule has 0 saturated carbocycles. The van der Waals surface area contributed by atoms with E-state index in [1.54, 1.807) is 16.9 Å². The molecule has 0 aromatic carbocycles. The highest BCUT2D eigenvalue weighted by Crippen LogP contribution is 2.28. The molecule has 1 saturated heterocycles. The Kier molecular flexibility index (Phi) is 4.25. The van der Waals surface area contributed by atoms with E-state index in [9.17, 15) is 0 Å². The fraction of sp³-hybridized carbons (Fsp3) is 0.300. The van der Waals surface area contributed by atoms with E-state index in [2.05, 4.69) is 20.5 Å². The third-order valence-corrected chi connectivity index (χ3v) is 5.27. The van der Waals surface area contributed by atoms with Gasteiger partial charge in [0.2, 0.25) is 0 Å². The minimum atomic E-state index is 0.387. The van der Waals surface area contributed by atoms with Crippen molar-refractivity contribution in [3.05, 3.63) is 60.4 Å². The summed E-state index contributed by atoms with van der Waals surface area (Å²) < 4.78 is 3.61. The van der Waals surface area contributed by atoms with Crippen LogP contribution in [0.3, 0.4) is 0 Å². The van der Waals surface area contributed by atoms with Crippen LogP contribution in [-0.2, 0) is 6.54 Å². The monoisotopic (exact) mass is 374 g/mol. The van der Waals surface area contributed by atoms with Crippen molar-refractivity contribution in [2.75, 3.05) is 18.8 Å². The van der Waals surface area contributed by atoms with Gasteiger partial charge < -0.3 is 11.1 Å². The molecule has 0 amide bonds. The Morgan fingerprint density at radius 3 is 2.89 bits per heavy atom. The number of hydrogen-bond acceptors (Lipinski definition) is 6. The minimum absolute atomic E-state index is 0.387. The van der Waals surface area contributed by atoms with Gasteiger partial charge in [0.15, 0.2) is 5.65 Å². The number of anilines is 1. The van der Waals surface area contributed by atoms with E-state index in [1.165, 1.54) is 0 Å². The van der Waals surface area contributed by atoms with Gasteiger partial charge in [0, 0.05) is 48.2 Å². The molecule has 4 aromatic rings. The second-order valence-electron chi connectivity index (χ2n) is 7.22. The van der Waals surface area contributed by atoms with Crippen molar-refractivity contribution in [2.24, 2.45) is 0 Å². The van der Waals surface area contributed by atoms with Crippen LogP contribution < -0.4 is 11.1 Å². The molecule has 8 heteroatoms. The zero-order chi connectivity index (χ0) is 18.9. The van der Waals surface area contributed by atoms with Gasteiger partial charge in [-0.05, 0) is 37.1 Å². The fourth-order valence-electron chi connectivity index (χ4n) is 3.79. The molecule has 28 heavy (non-hydrogen) atoms. The molecule has 5 heterocycles. The molecule has 1 fully saturated rings. The zero-order valence-electron chi connectivity index (χ0n) is 15.5. The van der Waals surface area contributed by atoms with E-state index in [-0.39, 0.29) is 0 Å². The van der Waals surface area contributed by atoms with E-state index in [4.69, 9.17) is 10.7 Å². The second kappa shape index (κ2) is 7.05. The van der Waals surface area contributed by atoms with Gasteiger partial charge in [0.05, 0.1) is 24.6 Å². The van der Waals surface area contributed by atoms with Crippen LogP contribution in [0.5, 0.6) is 0 Å². The highest BCUT2D eigenvalue weighted by atomic mass is 15.3. The Balaban J connectivity index is 1.50. The van der Waals surface area contributed by atoms with Crippen LogP contribution in [0, 0.1) is 0 Å². The highest BCUT2D eigenvalue weighted by Gasteiger charge is 2.20. The van der Waals surface area contributed by atoms with Crippen LogP contribution in [0.1, 0.15) is 30.0 Å². The predicted octanol–water partition coefficient (Wildman–Crippen LogP) is 2.09. The predicted molar refractivity (Wildman–Crippen MR) is 107 cm³/mol. The topological polar surface area (TPSA) is 98.9 Å². The number of nitrogens with zero attached hydrogens (tertiary/aromatic N) is 6. The van der Waals surface area contributed by atoms with Crippen LogP contribution in [0.25, 0.3) is 16.8 Å². The Morgan fingerprint density at radius 2 is 2.07 bits per heavy atom. The maximum Gasteiger partial charge on any atom is 0.165 e. The number of nitrogen functional groups attached to an aromatic ring is 1. The van der Waals surface area contributed by atoms with Crippen molar-refractivity contribution >= 4 is 11.5 Å². The Labute approximate surface area is 162 Å². The number of nitrogens with one attached hydrogen (secondary N) is 1. The van der Waals surface area contributed by atoms with E-state index < -0.39 is 0 Å². The first-order valence-corrected chi connectivity index (χ1v) is 9.54. The van der Waals surface area contributed by atoms with Gasteiger partial charge in [0.1, 0.15) is 5.82 Å². The van der Waals surface area contributed by atoms with Crippen molar-refractivity contribution in [1.82, 2.24) is 34.7 Å². The minimum Gasteiger partial charge on any atom is -0.384 e. The number of aromatic nitrogens is 6. The Morgan fingerprint density at radius 1 is 1.18 bits per heavy atom. The van der Waals surface area contributed by atoms with E-state index in [0.717, 1.165) is 54.0 Å². The van der Waals surface area contributed by atoms with Crippen molar-refractivity contribution in [1.29, 1.82) is 0 Å². The largest absolute Gasteiger partial charge is 0.384 e. The number of pyridine rings is 1. The number of rotatable bonds is 4. The Bertz CT molecular complexity index is 1090. The smallest absolute Gasteiger partial charge is 0.165 e. The van der Waals surface area contributed by atoms with Crippen LogP contribution in [-0.4, -0.2) is 42.5 Å². The summed E-state index contributed by atoms with van der Waals surface area (Å²) >= 11 is 0. The first kappa shape index (κ1) is 16.9. The first-order chi connectivity index (χ1) is 13.8. The fourth-order valence-corrected chi connectivity index (χ4v) is 3.79. The summed E-state index contributed by atoms with van der Waals surface area (Å²) in [6, 6.07) is 5.93.